The van der Waals surface area contributed by atoms with Crippen LogP contribution in [0.2, 0.25) is 0 Å². The minimum Gasteiger partial charge on any atom is -0.350 e. The summed E-state index contributed by atoms with van der Waals surface area (Å²) in [6, 6.07) is 7.13. The van der Waals surface area contributed by atoms with E-state index in [2.05, 4.69) is 5.32 Å². The minimum absolute atomic E-state index is 0.0678. The molecule has 2 amide bonds. The molecule has 0 fully saturated rings. The van der Waals surface area contributed by atoms with E-state index in [1.165, 1.54) is 11.8 Å². The molecule has 0 aliphatic heterocycles. The second-order valence-electron chi connectivity index (χ2n) is 4.22. The van der Waals surface area contributed by atoms with E-state index in [1.54, 1.807) is 31.3 Å². The van der Waals surface area contributed by atoms with Crippen LogP contribution in [-0.4, -0.2) is 24.9 Å². The summed E-state index contributed by atoms with van der Waals surface area (Å²) in [7, 11) is 1.66. The third-order valence-corrected chi connectivity index (χ3v) is 2.40. The number of hydrogen-bond acceptors (Lipinski definition) is 2. The van der Waals surface area contributed by atoms with E-state index < -0.39 is 0 Å². The van der Waals surface area contributed by atoms with Crippen molar-refractivity contribution in [2.45, 2.75) is 26.8 Å². The molecule has 1 N–H and O–H groups in total. The Labute approximate surface area is 102 Å². The fraction of sp³-hybridized carbons (Fsp3) is 0.385. The number of carbonyl (C=O) groups excluding carboxylic acids is 2. The molecule has 4 heteroatoms. The molecule has 0 aliphatic carbocycles. The lowest BCUT2D eigenvalue weighted by Gasteiger charge is -2.19. The zero-order valence-electron chi connectivity index (χ0n) is 10.7. The van der Waals surface area contributed by atoms with Crippen LogP contribution in [0.25, 0.3) is 0 Å². The summed E-state index contributed by atoms with van der Waals surface area (Å²) in [5, 5.41) is 2.82. The van der Waals surface area contributed by atoms with Gasteiger partial charge in [0, 0.05) is 20.0 Å². The van der Waals surface area contributed by atoms with Gasteiger partial charge >= 0.3 is 0 Å². The molecule has 0 saturated carbocycles. The molecule has 0 aliphatic rings. The highest BCUT2D eigenvalue weighted by atomic mass is 16.2. The van der Waals surface area contributed by atoms with Gasteiger partial charge in [0.25, 0.3) is 5.91 Å². The number of amides is 2. The number of carbonyl (C=O) groups is 2. The first-order valence-corrected chi connectivity index (χ1v) is 5.57. The quantitative estimate of drug-likeness (QED) is 0.867. The van der Waals surface area contributed by atoms with Gasteiger partial charge in [0.15, 0.2) is 0 Å². The van der Waals surface area contributed by atoms with Gasteiger partial charge in [-0.2, -0.15) is 0 Å². The van der Waals surface area contributed by atoms with Crippen LogP contribution >= 0.6 is 0 Å². The average Bonchev–Trinajstić information content (AvgIpc) is 2.27. The van der Waals surface area contributed by atoms with Crippen molar-refractivity contribution < 1.29 is 9.59 Å². The molecule has 92 valence electrons. The fourth-order valence-corrected chi connectivity index (χ4v) is 1.47. The Bertz CT molecular complexity index is 427. The topological polar surface area (TPSA) is 49.4 Å². The van der Waals surface area contributed by atoms with Crippen LogP contribution in [0.1, 0.15) is 31.1 Å². The van der Waals surface area contributed by atoms with Gasteiger partial charge in [0.1, 0.15) is 0 Å². The molecule has 1 aromatic carbocycles. The molecule has 0 atom stereocenters. The van der Waals surface area contributed by atoms with E-state index in [-0.39, 0.29) is 17.9 Å². The van der Waals surface area contributed by atoms with Gasteiger partial charge in [-0.3, -0.25) is 9.59 Å². The highest BCUT2D eigenvalue weighted by Crippen LogP contribution is 2.19. The van der Waals surface area contributed by atoms with E-state index in [1.807, 2.05) is 13.8 Å². The lowest BCUT2D eigenvalue weighted by atomic mass is 10.1. The molecule has 0 unspecified atom stereocenters. The number of para-hydroxylation sites is 1. The lowest BCUT2D eigenvalue weighted by Crippen LogP contribution is -2.32. The molecule has 17 heavy (non-hydrogen) atoms. The highest BCUT2D eigenvalue weighted by Gasteiger charge is 2.16. The van der Waals surface area contributed by atoms with Crippen LogP contribution < -0.4 is 10.2 Å². The van der Waals surface area contributed by atoms with Crippen molar-refractivity contribution in [2.24, 2.45) is 0 Å². The Morgan fingerprint density at radius 2 is 1.82 bits per heavy atom. The average molecular weight is 234 g/mol. The largest absolute Gasteiger partial charge is 0.350 e. The maximum atomic E-state index is 12.0. The second kappa shape index (κ2) is 5.48. The Morgan fingerprint density at radius 1 is 1.24 bits per heavy atom. The molecule has 4 nitrogen and oxygen atoms in total. The van der Waals surface area contributed by atoms with Crippen LogP contribution in [0.15, 0.2) is 24.3 Å². The summed E-state index contributed by atoms with van der Waals surface area (Å²) < 4.78 is 0. The van der Waals surface area contributed by atoms with Crippen molar-refractivity contribution in [2.75, 3.05) is 11.9 Å². The summed E-state index contributed by atoms with van der Waals surface area (Å²) >= 11 is 0. The van der Waals surface area contributed by atoms with Gasteiger partial charge in [-0.05, 0) is 26.0 Å². The number of hydrogen-bond donors (Lipinski definition) is 1. The first kappa shape index (κ1) is 13.2. The summed E-state index contributed by atoms with van der Waals surface area (Å²) in [6.07, 6.45) is 0. The SMILES string of the molecule is CC(=O)N(C)c1ccccc1C(=O)NC(C)C. The van der Waals surface area contributed by atoms with E-state index in [0.717, 1.165) is 0 Å². The van der Waals surface area contributed by atoms with Crippen LogP contribution in [0.3, 0.4) is 0 Å². The molecule has 0 bridgehead atoms. The maximum Gasteiger partial charge on any atom is 0.253 e. The van der Waals surface area contributed by atoms with Crippen LogP contribution in [-0.2, 0) is 4.79 Å². The van der Waals surface area contributed by atoms with Crippen molar-refractivity contribution in [3.05, 3.63) is 29.8 Å². The lowest BCUT2D eigenvalue weighted by molar-refractivity contribution is -0.116. The molecular weight excluding hydrogens is 216 g/mol. The number of benzene rings is 1. The Balaban J connectivity index is 3.07. The van der Waals surface area contributed by atoms with Gasteiger partial charge in [-0.1, -0.05) is 12.1 Å². The zero-order chi connectivity index (χ0) is 13.0. The van der Waals surface area contributed by atoms with Gasteiger partial charge in [-0.15, -0.1) is 0 Å². The third-order valence-electron chi connectivity index (χ3n) is 2.40. The summed E-state index contributed by atoms with van der Waals surface area (Å²) in [4.78, 5) is 24.8. The molecule has 1 aromatic rings. The summed E-state index contributed by atoms with van der Waals surface area (Å²) in [6.45, 7) is 5.27. The number of nitrogens with zero attached hydrogens (tertiary/aromatic N) is 1. The number of nitrogens with one attached hydrogen (secondary N) is 1. The fourth-order valence-electron chi connectivity index (χ4n) is 1.47. The van der Waals surface area contributed by atoms with E-state index in [0.29, 0.717) is 11.3 Å². The van der Waals surface area contributed by atoms with E-state index >= 15 is 0 Å². The van der Waals surface area contributed by atoms with Gasteiger partial charge in [0.2, 0.25) is 5.91 Å². The minimum atomic E-state index is -0.163. The molecule has 0 radical (unpaired) electrons. The standard InChI is InChI=1S/C13H18N2O2/c1-9(2)14-13(17)11-7-5-6-8-12(11)15(4)10(3)16/h5-9H,1-4H3,(H,14,17). The smallest absolute Gasteiger partial charge is 0.253 e. The van der Waals surface area contributed by atoms with Crippen molar-refractivity contribution >= 4 is 17.5 Å². The summed E-state index contributed by atoms with van der Waals surface area (Å²) in [5.74, 6) is -0.265. The highest BCUT2D eigenvalue weighted by molar-refractivity contribution is 6.04. The Kier molecular flexibility index (Phi) is 4.26. The number of anilines is 1. The first-order chi connectivity index (χ1) is 7.93. The zero-order valence-corrected chi connectivity index (χ0v) is 10.7. The normalized spacial score (nSPS) is 10.2. The first-order valence-electron chi connectivity index (χ1n) is 5.57. The van der Waals surface area contributed by atoms with Gasteiger partial charge in [-0.25, -0.2) is 0 Å². The molecule has 0 saturated heterocycles. The molecule has 0 heterocycles. The summed E-state index contributed by atoms with van der Waals surface area (Å²) in [5.41, 5.74) is 1.14. The molecule has 1 rings (SSSR count). The third kappa shape index (κ3) is 3.31. The van der Waals surface area contributed by atoms with E-state index in [4.69, 9.17) is 0 Å². The number of rotatable bonds is 3. The van der Waals surface area contributed by atoms with Gasteiger partial charge < -0.3 is 10.2 Å². The maximum absolute atomic E-state index is 12.0. The monoisotopic (exact) mass is 234 g/mol. The van der Waals surface area contributed by atoms with Crippen molar-refractivity contribution in [1.82, 2.24) is 5.32 Å². The second-order valence-corrected chi connectivity index (χ2v) is 4.22. The van der Waals surface area contributed by atoms with Crippen LogP contribution in [0.5, 0.6) is 0 Å². The van der Waals surface area contributed by atoms with E-state index in [9.17, 15) is 9.59 Å². The van der Waals surface area contributed by atoms with Crippen LogP contribution in [0, 0.1) is 0 Å². The Morgan fingerprint density at radius 3 is 2.35 bits per heavy atom. The Hall–Kier alpha value is -1.84. The predicted molar refractivity (Wildman–Crippen MR) is 68.1 cm³/mol. The van der Waals surface area contributed by atoms with Crippen molar-refractivity contribution in [3.63, 3.8) is 0 Å². The predicted octanol–water partition coefficient (Wildman–Crippen LogP) is 1.81. The van der Waals surface area contributed by atoms with Gasteiger partial charge in [0.05, 0.1) is 11.3 Å². The molecular formula is C13H18N2O2. The van der Waals surface area contributed by atoms with Crippen molar-refractivity contribution in [3.8, 4) is 0 Å². The molecule has 0 aromatic heterocycles. The molecule has 0 spiro atoms. The van der Waals surface area contributed by atoms with Crippen molar-refractivity contribution in [1.29, 1.82) is 0 Å². The van der Waals surface area contributed by atoms with Crippen LogP contribution in [0.4, 0.5) is 5.69 Å².